The van der Waals surface area contributed by atoms with E-state index in [9.17, 15) is 4.79 Å². The Labute approximate surface area is 176 Å². The fourth-order valence-corrected chi connectivity index (χ4v) is 3.56. The van der Waals surface area contributed by atoms with E-state index in [0.29, 0.717) is 33.1 Å². The average Bonchev–Trinajstić information content (AvgIpc) is 3.22. The number of rotatable bonds is 6. The van der Waals surface area contributed by atoms with Crippen molar-refractivity contribution < 1.29 is 9.53 Å². The highest BCUT2D eigenvalue weighted by atomic mass is 35.5. The number of pyridine rings is 1. The van der Waals surface area contributed by atoms with Crippen molar-refractivity contribution in [1.82, 2.24) is 15.2 Å². The zero-order chi connectivity index (χ0) is 20.1. The lowest BCUT2D eigenvalue weighted by atomic mass is 10.2. The van der Waals surface area contributed by atoms with Crippen LogP contribution in [0.5, 0.6) is 5.75 Å². The van der Waals surface area contributed by atoms with Gasteiger partial charge in [0.2, 0.25) is 5.13 Å². The molecule has 2 aromatic carbocycles. The van der Waals surface area contributed by atoms with Crippen LogP contribution in [0, 0.1) is 0 Å². The molecule has 0 saturated heterocycles. The van der Waals surface area contributed by atoms with Crippen LogP contribution in [-0.2, 0) is 6.61 Å². The molecule has 1 N–H and O–H groups in total. The fourth-order valence-electron chi connectivity index (χ4n) is 2.56. The largest absolute Gasteiger partial charge is 0.489 e. The monoisotopic (exact) mass is 422 g/mol. The summed E-state index contributed by atoms with van der Waals surface area (Å²) in [6, 6.07) is 18.4. The van der Waals surface area contributed by atoms with Crippen LogP contribution in [0.3, 0.4) is 0 Å². The minimum absolute atomic E-state index is 0.298. The minimum atomic E-state index is -0.359. The summed E-state index contributed by atoms with van der Waals surface area (Å²) in [5.74, 6) is 0.230. The number of carbonyl (C=O) groups excluding carboxylic acids is 1. The smallest absolute Gasteiger partial charge is 0.259 e. The van der Waals surface area contributed by atoms with E-state index in [1.807, 2.05) is 42.5 Å². The van der Waals surface area contributed by atoms with Gasteiger partial charge in [0.05, 0.1) is 10.6 Å². The molecule has 0 atom stereocenters. The summed E-state index contributed by atoms with van der Waals surface area (Å²) in [6.45, 7) is 0.422. The molecular weight excluding hydrogens is 408 g/mol. The van der Waals surface area contributed by atoms with Gasteiger partial charge in [0, 0.05) is 18.0 Å². The van der Waals surface area contributed by atoms with E-state index >= 15 is 0 Å². The standard InChI is InChI=1S/C21H15ClN4O2S/c22-18-12-16(28-13-14-4-2-1-3-5-14)6-7-17(18)19(27)24-21-26-25-20(29-21)15-8-10-23-11-9-15/h1-12H,13H2,(H,24,26,27). The lowest BCUT2D eigenvalue weighted by Gasteiger charge is -2.09. The van der Waals surface area contributed by atoms with Gasteiger partial charge in [-0.1, -0.05) is 53.3 Å². The highest BCUT2D eigenvalue weighted by molar-refractivity contribution is 7.18. The summed E-state index contributed by atoms with van der Waals surface area (Å²) in [7, 11) is 0. The molecule has 0 aliphatic carbocycles. The normalized spacial score (nSPS) is 10.5. The Morgan fingerprint density at radius 1 is 1.03 bits per heavy atom. The van der Waals surface area contributed by atoms with Crippen LogP contribution in [0.15, 0.2) is 73.1 Å². The van der Waals surface area contributed by atoms with E-state index in [1.54, 1.807) is 30.6 Å². The molecule has 2 aromatic heterocycles. The molecule has 0 aliphatic heterocycles. The number of hydrogen-bond donors (Lipinski definition) is 1. The zero-order valence-electron chi connectivity index (χ0n) is 15.1. The summed E-state index contributed by atoms with van der Waals surface area (Å²) in [5.41, 5.74) is 2.27. The second-order valence-corrected chi connectivity index (χ2v) is 7.40. The van der Waals surface area contributed by atoms with Crippen LogP contribution in [-0.4, -0.2) is 21.1 Å². The average molecular weight is 423 g/mol. The van der Waals surface area contributed by atoms with Crippen LogP contribution in [0.2, 0.25) is 5.02 Å². The van der Waals surface area contributed by atoms with Crippen molar-refractivity contribution in [2.45, 2.75) is 6.61 Å². The SMILES string of the molecule is O=C(Nc1nnc(-c2ccncc2)s1)c1ccc(OCc2ccccc2)cc1Cl. The first-order chi connectivity index (χ1) is 14.2. The third kappa shape index (κ3) is 4.77. The Morgan fingerprint density at radius 3 is 2.59 bits per heavy atom. The maximum absolute atomic E-state index is 12.6. The molecular formula is C21H15ClN4O2S. The van der Waals surface area contributed by atoms with Gasteiger partial charge in [-0.2, -0.15) is 0 Å². The molecule has 4 aromatic rings. The van der Waals surface area contributed by atoms with Crippen molar-refractivity contribution in [1.29, 1.82) is 0 Å². The summed E-state index contributed by atoms with van der Waals surface area (Å²) in [5, 5.41) is 12.2. The molecule has 2 heterocycles. The predicted octanol–water partition coefficient (Wildman–Crippen LogP) is 5.08. The summed E-state index contributed by atoms with van der Waals surface area (Å²) in [6.07, 6.45) is 3.35. The number of ether oxygens (including phenoxy) is 1. The van der Waals surface area contributed by atoms with Gasteiger partial charge in [-0.15, -0.1) is 10.2 Å². The van der Waals surface area contributed by atoms with Gasteiger partial charge in [-0.3, -0.25) is 15.1 Å². The molecule has 144 valence electrons. The van der Waals surface area contributed by atoms with Crippen LogP contribution in [0.4, 0.5) is 5.13 Å². The van der Waals surface area contributed by atoms with Crippen LogP contribution in [0.25, 0.3) is 10.6 Å². The Hall–Kier alpha value is -3.29. The Morgan fingerprint density at radius 2 is 1.83 bits per heavy atom. The first-order valence-electron chi connectivity index (χ1n) is 8.70. The van der Waals surface area contributed by atoms with Crippen LogP contribution in [0.1, 0.15) is 15.9 Å². The van der Waals surface area contributed by atoms with Crippen molar-refractivity contribution >= 4 is 34.0 Å². The molecule has 8 heteroatoms. The number of aromatic nitrogens is 3. The van der Waals surface area contributed by atoms with Gasteiger partial charge in [0.15, 0.2) is 0 Å². The lowest BCUT2D eigenvalue weighted by Crippen LogP contribution is -2.12. The third-order valence-corrected chi connectivity index (χ3v) is 5.21. The lowest BCUT2D eigenvalue weighted by molar-refractivity contribution is 0.102. The van der Waals surface area contributed by atoms with Gasteiger partial charge in [-0.05, 0) is 35.9 Å². The zero-order valence-corrected chi connectivity index (χ0v) is 16.7. The number of anilines is 1. The fraction of sp³-hybridized carbons (Fsp3) is 0.0476. The number of amides is 1. The molecule has 29 heavy (non-hydrogen) atoms. The third-order valence-electron chi connectivity index (χ3n) is 4.01. The predicted molar refractivity (Wildman–Crippen MR) is 113 cm³/mol. The quantitative estimate of drug-likeness (QED) is 0.468. The molecule has 0 bridgehead atoms. The first-order valence-corrected chi connectivity index (χ1v) is 9.90. The summed E-state index contributed by atoms with van der Waals surface area (Å²) in [4.78, 5) is 16.5. The molecule has 1 amide bonds. The van der Waals surface area contributed by atoms with E-state index in [4.69, 9.17) is 16.3 Å². The number of nitrogens with zero attached hydrogens (tertiary/aromatic N) is 3. The van der Waals surface area contributed by atoms with E-state index in [0.717, 1.165) is 11.1 Å². The Bertz CT molecular complexity index is 1120. The van der Waals surface area contributed by atoms with Gasteiger partial charge in [0.25, 0.3) is 5.91 Å². The van der Waals surface area contributed by atoms with E-state index in [-0.39, 0.29) is 5.91 Å². The van der Waals surface area contributed by atoms with Crippen molar-refractivity contribution in [3.8, 4) is 16.3 Å². The number of halogens is 1. The summed E-state index contributed by atoms with van der Waals surface area (Å²) >= 11 is 7.57. The molecule has 0 saturated carbocycles. The first kappa shape index (κ1) is 19.0. The second kappa shape index (κ2) is 8.81. The minimum Gasteiger partial charge on any atom is -0.489 e. The highest BCUT2D eigenvalue weighted by Crippen LogP contribution is 2.28. The van der Waals surface area contributed by atoms with Gasteiger partial charge < -0.3 is 4.74 Å². The van der Waals surface area contributed by atoms with Gasteiger partial charge >= 0.3 is 0 Å². The number of benzene rings is 2. The number of carbonyl (C=O) groups is 1. The van der Waals surface area contributed by atoms with Crippen LogP contribution < -0.4 is 10.1 Å². The van der Waals surface area contributed by atoms with E-state index in [1.165, 1.54) is 11.3 Å². The topological polar surface area (TPSA) is 77.0 Å². The molecule has 0 fully saturated rings. The van der Waals surface area contributed by atoms with Crippen molar-refractivity contribution in [3.63, 3.8) is 0 Å². The van der Waals surface area contributed by atoms with Crippen molar-refractivity contribution in [2.24, 2.45) is 0 Å². The highest BCUT2D eigenvalue weighted by Gasteiger charge is 2.15. The molecule has 4 rings (SSSR count). The molecule has 0 aliphatic rings. The number of nitrogens with one attached hydrogen (secondary N) is 1. The van der Waals surface area contributed by atoms with E-state index in [2.05, 4.69) is 20.5 Å². The summed E-state index contributed by atoms with van der Waals surface area (Å²) < 4.78 is 5.74. The van der Waals surface area contributed by atoms with Crippen molar-refractivity contribution in [3.05, 3.63) is 89.2 Å². The number of hydrogen-bond acceptors (Lipinski definition) is 6. The molecule has 0 radical (unpaired) electrons. The van der Waals surface area contributed by atoms with E-state index < -0.39 is 0 Å². The maximum Gasteiger partial charge on any atom is 0.259 e. The van der Waals surface area contributed by atoms with Crippen LogP contribution >= 0.6 is 22.9 Å². The maximum atomic E-state index is 12.6. The molecule has 0 spiro atoms. The molecule has 0 unspecified atom stereocenters. The Balaban J connectivity index is 1.42. The van der Waals surface area contributed by atoms with Gasteiger partial charge in [0.1, 0.15) is 17.4 Å². The Kier molecular flexibility index (Phi) is 5.79. The van der Waals surface area contributed by atoms with Gasteiger partial charge in [-0.25, -0.2) is 0 Å². The second-order valence-electron chi connectivity index (χ2n) is 6.02. The molecule has 6 nitrogen and oxygen atoms in total. The van der Waals surface area contributed by atoms with Crippen molar-refractivity contribution in [2.75, 3.05) is 5.32 Å².